The number of hydrogen-bond donors (Lipinski definition) is 2. The molecule has 0 aliphatic carbocycles. The maximum Gasteiger partial charge on any atom is 0.324 e. The van der Waals surface area contributed by atoms with Gasteiger partial charge >= 0.3 is 6.03 Å². The van der Waals surface area contributed by atoms with Gasteiger partial charge in [-0.3, -0.25) is 9.69 Å². The van der Waals surface area contributed by atoms with E-state index in [0.29, 0.717) is 29.5 Å². The Kier molecular flexibility index (Phi) is 4.57. The number of nitrogens with zero attached hydrogens (tertiary/aromatic N) is 1. The monoisotopic (exact) mass is 311 g/mol. The fourth-order valence-corrected chi connectivity index (χ4v) is 2.31. The summed E-state index contributed by atoms with van der Waals surface area (Å²) in [7, 11) is 1.53. The zero-order chi connectivity index (χ0) is 15.6. The summed E-state index contributed by atoms with van der Waals surface area (Å²) in [5, 5.41) is 6.27. The molecule has 0 spiro atoms. The Balaban J connectivity index is 2.15. The van der Waals surface area contributed by atoms with E-state index in [9.17, 15) is 9.59 Å². The zero-order valence-corrected chi connectivity index (χ0v) is 13.0. The van der Waals surface area contributed by atoms with Crippen LogP contribution in [0.4, 0.5) is 10.5 Å². The highest BCUT2D eigenvalue weighted by Gasteiger charge is 2.30. The molecule has 0 radical (unpaired) electrons. The van der Waals surface area contributed by atoms with Crippen molar-refractivity contribution in [2.45, 2.75) is 19.9 Å². The van der Waals surface area contributed by atoms with Crippen LogP contribution in [0.3, 0.4) is 0 Å². The number of anilines is 1. The van der Waals surface area contributed by atoms with Crippen molar-refractivity contribution in [3.05, 3.63) is 22.7 Å². The normalized spacial score (nSPS) is 15.6. The molecule has 0 bridgehead atoms. The number of hydrogen-bond acceptors (Lipinski definition) is 4. The molecule has 0 saturated carbocycles. The molecule has 1 saturated heterocycles. The average Bonchev–Trinajstić information content (AvgIpc) is 2.87. The molecule has 1 heterocycles. The van der Waals surface area contributed by atoms with Crippen LogP contribution >= 0.6 is 11.6 Å². The van der Waals surface area contributed by atoms with Crippen molar-refractivity contribution in [2.75, 3.05) is 25.5 Å². The third-order valence-corrected chi connectivity index (χ3v) is 3.75. The molecule has 1 aliphatic heterocycles. The molecule has 0 unspecified atom stereocenters. The molecule has 1 aliphatic rings. The van der Waals surface area contributed by atoms with Crippen LogP contribution in [0.15, 0.2) is 12.1 Å². The van der Waals surface area contributed by atoms with Crippen molar-refractivity contribution in [1.82, 2.24) is 10.2 Å². The summed E-state index contributed by atoms with van der Waals surface area (Å²) in [5.74, 6) is 0.274. The number of carbonyl (C=O) groups excluding carboxylic acids is 2. The van der Waals surface area contributed by atoms with Gasteiger partial charge in [0.05, 0.1) is 12.8 Å². The van der Waals surface area contributed by atoms with Gasteiger partial charge in [0.15, 0.2) is 0 Å². The summed E-state index contributed by atoms with van der Waals surface area (Å²) in [6.07, 6.45) is 0. The number of amides is 3. The fourth-order valence-electron chi connectivity index (χ4n) is 2.16. The minimum Gasteiger partial charge on any atom is -0.495 e. The van der Waals surface area contributed by atoms with Crippen LogP contribution in [-0.4, -0.2) is 43.1 Å². The third-order valence-electron chi connectivity index (χ3n) is 3.35. The molecule has 2 N–H and O–H groups in total. The molecule has 0 aromatic heterocycles. The van der Waals surface area contributed by atoms with E-state index in [-0.39, 0.29) is 11.9 Å². The van der Waals surface area contributed by atoms with Crippen LogP contribution < -0.4 is 15.4 Å². The number of urea groups is 1. The molecule has 114 valence electrons. The van der Waals surface area contributed by atoms with E-state index >= 15 is 0 Å². The molecule has 3 amide bonds. The standard InChI is InChI=1S/C14H18ClN3O3/c1-8-6-11(12(21-3)7-10(8)15)17-9(2)13(19)18-5-4-16-14(18)20/h6-7,9,17H,4-5H2,1-3H3,(H,16,20)/t9-/m1/s1. The number of nitrogens with one attached hydrogen (secondary N) is 2. The number of imide groups is 1. The minimum absolute atomic E-state index is 0.278. The molecular weight excluding hydrogens is 294 g/mol. The lowest BCUT2D eigenvalue weighted by molar-refractivity contribution is -0.128. The predicted octanol–water partition coefficient (Wildman–Crippen LogP) is 2.01. The Morgan fingerprint density at radius 2 is 2.24 bits per heavy atom. The number of methoxy groups -OCH3 is 1. The summed E-state index contributed by atoms with van der Waals surface area (Å²) in [4.78, 5) is 25.0. The first-order valence-electron chi connectivity index (χ1n) is 6.64. The van der Waals surface area contributed by atoms with Crippen LogP contribution in [0.25, 0.3) is 0 Å². The molecule has 1 atom stereocenters. The van der Waals surface area contributed by atoms with Gasteiger partial charge in [-0.1, -0.05) is 11.6 Å². The maximum atomic E-state index is 12.2. The maximum absolute atomic E-state index is 12.2. The SMILES string of the molecule is COc1cc(Cl)c(C)cc1N[C@H](C)C(=O)N1CCNC1=O. The van der Waals surface area contributed by atoms with E-state index in [4.69, 9.17) is 16.3 Å². The highest BCUT2D eigenvalue weighted by atomic mass is 35.5. The van der Waals surface area contributed by atoms with Gasteiger partial charge in [-0.05, 0) is 25.5 Å². The number of benzene rings is 1. The zero-order valence-electron chi connectivity index (χ0n) is 12.2. The Bertz CT molecular complexity index is 577. The average molecular weight is 312 g/mol. The lowest BCUT2D eigenvalue weighted by Gasteiger charge is -2.21. The van der Waals surface area contributed by atoms with E-state index in [2.05, 4.69) is 10.6 Å². The van der Waals surface area contributed by atoms with Crippen LogP contribution in [-0.2, 0) is 4.79 Å². The van der Waals surface area contributed by atoms with Crippen molar-refractivity contribution in [3.63, 3.8) is 0 Å². The van der Waals surface area contributed by atoms with E-state index in [1.807, 2.05) is 13.0 Å². The first-order chi connectivity index (χ1) is 9.93. The van der Waals surface area contributed by atoms with Gasteiger partial charge in [-0.15, -0.1) is 0 Å². The molecular formula is C14H18ClN3O3. The number of rotatable bonds is 4. The smallest absolute Gasteiger partial charge is 0.324 e. The molecule has 1 aromatic carbocycles. The summed E-state index contributed by atoms with van der Waals surface area (Å²) >= 11 is 6.05. The van der Waals surface area contributed by atoms with Crippen LogP contribution in [0.1, 0.15) is 12.5 Å². The largest absolute Gasteiger partial charge is 0.495 e. The fraction of sp³-hybridized carbons (Fsp3) is 0.429. The van der Waals surface area contributed by atoms with Gasteiger partial charge < -0.3 is 15.4 Å². The highest BCUT2D eigenvalue weighted by molar-refractivity contribution is 6.31. The van der Waals surface area contributed by atoms with Gasteiger partial charge in [0.1, 0.15) is 11.8 Å². The van der Waals surface area contributed by atoms with Crippen LogP contribution in [0.2, 0.25) is 5.02 Å². The highest BCUT2D eigenvalue weighted by Crippen LogP contribution is 2.31. The van der Waals surface area contributed by atoms with E-state index in [1.54, 1.807) is 13.0 Å². The predicted molar refractivity (Wildman–Crippen MR) is 80.9 cm³/mol. The number of aryl methyl sites for hydroxylation is 1. The molecule has 6 nitrogen and oxygen atoms in total. The Hall–Kier alpha value is -1.95. The van der Waals surface area contributed by atoms with Gasteiger partial charge in [-0.25, -0.2) is 4.79 Å². The van der Waals surface area contributed by atoms with Crippen molar-refractivity contribution < 1.29 is 14.3 Å². The summed E-state index contributed by atoms with van der Waals surface area (Å²) in [6, 6.07) is 2.60. The summed E-state index contributed by atoms with van der Waals surface area (Å²) < 4.78 is 5.26. The lowest BCUT2D eigenvalue weighted by Crippen LogP contribution is -2.43. The topological polar surface area (TPSA) is 70.7 Å². The second-order valence-corrected chi connectivity index (χ2v) is 5.30. The molecule has 1 aromatic rings. The minimum atomic E-state index is -0.552. The van der Waals surface area contributed by atoms with Crippen LogP contribution in [0, 0.1) is 6.92 Å². The molecule has 7 heteroatoms. The van der Waals surface area contributed by atoms with Crippen molar-refractivity contribution in [3.8, 4) is 5.75 Å². The molecule has 1 fully saturated rings. The van der Waals surface area contributed by atoms with E-state index in [1.165, 1.54) is 12.0 Å². The summed E-state index contributed by atoms with van der Waals surface area (Å²) in [5.41, 5.74) is 1.54. The molecule has 2 rings (SSSR count). The van der Waals surface area contributed by atoms with Crippen molar-refractivity contribution in [1.29, 1.82) is 0 Å². The van der Waals surface area contributed by atoms with E-state index in [0.717, 1.165) is 5.56 Å². The lowest BCUT2D eigenvalue weighted by atomic mass is 10.2. The van der Waals surface area contributed by atoms with Gasteiger partial charge in [-0.2, -0.15) is 0 Å². The second kappa shape index (κ2) is 6.22. The number of carbonyl (C=O) groups is 2. The summed E-state index contributed by atoms with van der Waals surface area (Å²) in [6.45, 7) is 4.45. The second-order valence-electron chi connectivity index (χ2n) is 4.89. The van der Waals surface area contributed by atoms with Crippen LogP contribution in [0.5, 0.6) is 5.75 Å². The van der Waals surface area contributed by atoms with E-state index < -0.39 is 6.04 Å². The van der Waals surface area contributed by atoms with Crippen molar-refractivity contribution >= 4 is 29.2 Å². The first kappa shape index (κ1) is 15.4. The van der Waals surface area contributed by atoms with Crippen molar-refractivity contribution in [2.24, 2.45) is 0 Å². The van der Waals surface area contributed by atoms with Gasteiger partial charge in [0.25, 0.3) is 5.91 Å². The molecule has 21 heavy (non-hydrogen) atoms. The first-order valence-corrected chi connectivity index (χ1v) is 7.01. The Morgan fingerprint density at radius 3 is 2.81 bits per heavy atom. The number of ether oxygens (including phenoxy) is 1. The number of halogens is 1. The Morgan fingerprint density at radius 1 is 1.52 bits per heavy atom. The van der Waals surface area contributed by atoms with Gasteiger partial charge in [0, 0.05) is 24.2 Å². The van der Waals surface area contributed by atoms with Gasteiger partial charge in [0.2, 0.25) is 0 Å². The quantitative estimate of drug-likeness (QED) is 0.892. The third kappa shape index (κ3) is 3.21. The Labute approximate surface area is 128 Å².